The van der Waals surface area contributed by atoms with Gasteiger partial charge in [0.15, 0.2) is 5.76 Å². The highest BCUT2D eigenvalue weighted by molar-refractivity contribution is 5.58. The van der Waals surface area contributed by atoms with Crippen molar-refractivity contribution in [1.29, 1.82) is 0 Å². The standard InChI is InChI=1S/C14H15NO4/c16-8-14-11(17)7-12(18-14)13-6-10(15-19-13)9-4-2-1-3-5-9/h1-6,11-12,14,16-17H,7-8H2/t11-,12-,14+/m0/s1. The number of benzene rings is 1. The van der Waals surface area contributed by atoms with Gasteiger partial charge in [-0.1, -0.05) is 35.5 Å². The van der Waals surface area contributed by atoms with Crippen molar-refractivity contribution in [2.75, 3.05) is 6.61 Å². The molecule has 1 fully saturated rings. The molecule has 1 aromatic heterocycles. The van der Waals surface area contributed by atoms with Crippen LogP contribution in [0.25, 0.3) is 11.3 Å². The third-order valence-corrected chi connectivity index (χ3v) is 3.32. The Hall–Kier alpha value is -1.69. The minimum absolute atomic E-state index is 0.197. The van der Waals surface area contributed by atoms with Crippen molar-refractivity contribution in [2.24, 2.45) is 0 Å². The van der Waals surface area contributed by atoms with E-state index in [4.69, 9.17) is 14.4 Å². The zero-order valence-electron chi connectivity index (χ0n) is 10.3. The largest absolute Gasteiger partial charge is 0.394 e. The lowest BCUT2D eigenvalue weighted by molar-refractivity contribution is -0.0289. The maximum atomic E-state index is 9.70. The molecule has 0 bridgehead atoms. The molecule has 1 aromatic carbocycles. The van der Waals surface area contributed by atoms with E-state index in [1.54, 1.807) is 0 Å². The van der Waals surface area contributed by atoms with Crippen molar-refractivity contribution in [2.45, 2.75) is 24.7 Å². The van der Waals surface area contributed by atoms with Crippen LogP contribution in [0.3, 0.4) is 0 Å². The predicted octanol–water partition coefficient (Wildman–Crippen LogP) is 1.52. The van der Waals surface area contributed by atoms with Crippen molar-refractivity contribution < 1.29 is 19.5 Å². The van der Waals surface area contributed by atoms with Gasteiger partial charge in [0.2, 0.25) is 0 Å². The molecule has 5 heteroatoms. The van der Waals surface area contributed by atoms with Crippen LogP contribution in [0.1, 0.15) is 18.3 Å². The van der Waals surface area contributed by atoms with E-state index in [0.29, 0.717) is 12.2 Å². The van der Waals surface area contributed by atoms with E-state index in [9.17, 15) is 5.11 Å². The molecule has 0 amide bonds. The number of aliphatic hydroxyl groups excluding tert-OH is 2. The van der Waals surface area contributed by atoms with Gasteiger partial charge >= 0.3 is 0 Å². The molecule has 2 heterocycles. The van der Waals surface area contributed by atoms with Crippen LogP contribution in [0.2, 0.25) is 0 Å². The molecule has 100 valence electrons. The lowest BCUT2D eigenvalue weighted by Crippen LogP contribution is -2.24. The highest BCUT2D eigenvalue weighted by atomic mass is 16.5. The average Bonchev–Trinajstić information content (AvgIpc) is 3.06. The molecule has 5 nitrogen and oxygen atoms in total. The second-order valence-corrected chi connectivity index (χ2v) is 4.63. The molecule has 2 N–H and O–H groups in total. The molecule has 0 spiro atoms. The smallest absolute Gasteiger partial charge is 0.166 e. The summed E-state index contributed by atoms with van der Waals surface area (Å²) in [6, 6.07) is 11.5. The zero-order valence-corrected chi connectivity index (χ0v) is 10.3. The van der Waals surface area contributed by atoms with Gasteiger partial charge in [-0.2, -0.15) is 0 Å². The summed E-state index contributed by atoms with van der Waals surface area (Å²) < 4.78 is 10.8. The van der Waals surface area contributed by atoms with Crippen LogP contribution < -0.4 is 0 Å². The quantitative estimate of drug-likeness (QED) is 0.876. The first kappa shape index (κ1) is 12.3. The predicted molar refractivity (Wildman–Crippen MR) is 67.3 cm³/mol. The summed E-state index contributed by atoms with van der Waals surface area (Å²) in [5.74, 6) is 0.578. The number of nitrogens with zero attached hydrogens (tertiary/aromatic N) is 1. The SMILES string of the molecule is OC[C@H]1O[C@H](c2cc(-c3ccccc3)no2)C[C@@H]1O. The molecule has 1 aliphatic rings. The monoisotopic (exact) mass is 261 g/mol. The van der Waals surface area contributed by atoms with Crippen LogP contribution in [0.4, 0.5) is 0 Å². The van der Waals surface area contributed by atoms with Gasteiger partial charge in [-0.05, 0) is 0 Å². The van der Waals surface area contributed by atoms with E-state index in [2.05, 4.69) is 5.16 Å². The van der Waals surface area contributed by atoms with Gasteiger partial charge < -0.3 is 19.5 Å². The fraction of sp³-hybridized carbons (Fsp3) is 0.357. The molecule has 3 rings (SSSR count). The Morgan fingerprint density at radius 3 is 2.74 bits per heavy atom. The lowest BCUT2D eigenvalue weighted by Gasteiger charge is -2.09. The van der Waals surface area contributed by atoms with E-state index in [-0.39, 0.29) is 12.7 Å². The molecule has 0 radical (unpaired) electrons. The summed E-state index contributed by atoms with van der Waals surface area (Å²) in [4.78, 5) is 0. The Labute approximate surface area is 110 Å². The van der Waals surface area contributed by atoms with Crippen molar-refractivity contribution in [3.05, 3.63) is 42.2 Å². The number of ether oxygens (including phenoxy) is 1. The Morgan fingerprint density at radius 1 is 1.26 bits per heavy atom. The van der Waals surface area contributed by atoms with E-state index in [1.807, 2.05) is 36.4 Å². The summed E-state index contributed by atoms with van der Waals surface area (Å²) >= 11 is 0. The van der Waals surface area contributed by atoms with E-state index >= 15 is 0 Å². The van der Waals surface area contributed by atoms with Crippen molar-refractivity contribution in [3.63, 3.8) is 0 Å². The molecule has 2 aromatic rings. The molecule has 0 aliphatic carbocycles. The summed E-state index contributed by atoms with van der Waals surface area (Å²) in [6.45, 7) is -0.197. The topological polar surface area (TPSA) is 75.7 Å². The van der Waals surface area contributed by atoms with Gasteiger partial charge in [0.05, 0.1) is 12.7 Å². The highest BCUT2D eigenvalue weighted by Gasteiger charge is 2.36. The van der Waals surface area contributed by atoms with Gasteiger partial charge in [-0.25, -0.2) is 0 Å². The molecule has 1 saturated heterocycles. The molecule has 1 aliphatic heterocycles. The molecular weight excluding hydrogens is 246 g/mol. The first-order valence-corrected chi connectivity index (χ1v) is 6.24. The highest BCUT2D eigenvalue weighted by Crippen LogP contribution is 2.34. The second kappa shape index (κ2) is 5.13. The number of aromatic nitrogens is 1. The van der Waals surface area contributed by atoms with Crippen LogP contribution in [-0.2, 0) is 4.74 Å². The average molecular weight is 261 g/mol. The van der Waals surface area contributed by atoms with E-state index < -0.39 is 12.2 Å². The second-order valence-electron chi connectivity index (χ2n) is 4.63. The molecule has 0 saturated carbocycles. The van der Waals surface area contributed by atoms with Crippen molar-refractivity contribution >= 4 is 0 Å². The summed E-state index contributed by atoms with van der Waals surface area (Å²) in [6.07, 6.45) is -1.15. The first-order chi connectivity index (χ1) is 9.28. The first-order valence-electron chi connectivity index (χ1n) is 6.24. The minimum Gasteiger partial charge on any atom is -0.394 e. The van der Waals surface area contributed by atoms with Crippen LogP contribution in [0, 0.1) is 0 Å². The van der Waals surface area contributed by atoms with Gasteiger partial charge in [0, 0.05) is 18.1 Å². The fourth-order valence-electron chi connectivity index (χ4n) is 2.26. The Kier molecular flexibility index (Phi) is 3.33. The van der Waals surface area contributed by atoms with Gasteiger partial charge in [0.25, 0.3) is 0 Å². The van der Waals surface area contributed by atoms with Crippen LogP contribution in [0.5, 0.6) is 0 Å². The number of hydrogen-bond acceptors (Lipinski definition) is 5. The molecule has 0 unspecified atom stereocenters. The fourth-order valence-corrected chi connectivity index (χ4v) is 2.26. The van der Waals surface area contributed by atoms with Crippen LogP contribution in [-0.4, -0.2) is 34.2 Å². The Balaban J connectivity index is 1.79. The van der Waals surface area contributed by atoms with Gasteiger partial charge in [-0.15, -0.1) is 0 Å². The molecule has 19 heavy (non-hydrogen) atoms. The maximum absolute atomic E-state index is 9.70. The third-order valence-electron chi connectivity index (χ3n) is 3.32. The van der Waals surface area contributed by atoms with Gasteiger partial charge in [-0.3, -0.25) is 0 Å². The zero-order chi connectivity index (χ0) is 13.2. The van der Waals surface area contributed by atoms with Crippen molar-refractivity contribution in [3.8, 4) is 11.3 Å². The van der Waals surface area contributed by atoms with Crippen LogP contribution in [0.15, 0.2) is 40.9 Å². The Bertz CT molecular complexity index is 539. The number of aliphatic hydroxyl groups is 2. The summed E-state index contributed by atoms with van der Waals surface area (Å²) in [5.41, 5.74) is 1.70. The normalized spacial score (nSPS) is 26.7. The van der Waals surface area contributed by atoms with Crippen LogP contribution >= 0.6 is 0 Å². The van der Waals surface area contributed by atoms with Gasteiger partial charge in [0.1, 0.15) is 17.9 Å². The lowest BCUT2D eigenvalue weighted by atomic mass is 10.1. The van der Waals surface area contributed by atoms with E-state index in [1.165, 1.54) is 0 Å². The third kappa shape index (κ3) is 2.40. The number of rotatable bonds is 3. The van der Waals surface area contributed by atoms with Crippen molar-refractivity contribution in [1.82, 2.24) is 5.16 Å². The summed E-state index contributed by atoms with van der Waals surface area (Å²) in [7, 11) is 0. The minimum atomic E-state index is -0.666. The maximum Gasteiger partial charge on any atom is 0.166 e. The van der Waals surface area contributed by atoms with E-state index in [0.717, 1.165) is 11.3 Å². The summed E-state index contributed by atoms with van der Waals surface area (Å²) in [5, 5.41) is 22.8. The molecule has 3 atom stereocenters. The number of hydrogen-bond donors (Lipinski definition) is 2. The Morgan fingerprint density at radius 2 is 2.05 bits per heavy atom. The molecular formula is C14H15NO4.